The van der Waals surface area contributed by atoms with Crippen LogP contribution in [-0.2, 0) is 4.79 Å². The van der Waals surface area contributed by atoms with Crippen molar-refractivity contribution in [1.29, 1.82) is 0 Å². The van der Waals surface area contributed by atoms with E-state index in [2.05, 4.69) is 17.1 Å². The summed E-state index contributed by atoms with van der Waals surface area (Å²) >= 11 is 0. The smallest absolute Gasteiger partial charge is 0.241 e. The molecule has 3 fully saturated rings. The summed E-state index contributed by atoms with van der Waals surface area (Å²) in [4.78, 5) is 14.8. The molecule has 1 saturated heterocycles. The van der Waals surface area contributed by atoms with Crippen LogP contribution in [-0.4, -0.2) is 29.6 Å². The summed E-state index contributed by atoms with van der Waals surface area (Å²) in [7, 11) is 0. The average molecular weight is 292 g/mol. The van der Waals surface area contributed by atoms with E-state index in [9.17, 15) is 4.79 Å². The number of rotatable bonds is 6. The van der Waals surface area contributed by atoms with Crippen molar-refractivity contribution in [2.45, 2.75) is 89.8 Å². The maximum absolute atomic E-state index is 12.6. The van der Waals surface area contributed by atoms with Crippen LogP contribution in [0.15, 0.2) is 0 Å². The highest BCUT2D eigenvalue weighted by molar-refractivity contribution is 5.84. The lowest BCUT2D eigenvalue weighted by Gasteiger charge is -2.29. The van der Waals surface area contributed by atoms with Gasteiger partial charge in [-0.2, -0.15) is 0 Å². The minimum Gasteiger partial charge on any atom is -0.326 e. The lowest BCUT2D eigenvalue weighted by Crippen LogP contribution is -2.43. The number of carbonyl (C=O) groups is 1. The molecule has 120 valence electrons. The van der Waals surface area contributed by atoms with Gasteiger partial charge in [0, 0.05) is 6.54 Å². The zero-order valence-corrected chi connectivity index (χ0v) is 13.7. The van der Waals surface area contributed by atoms with Gasteiger partial charge in [0.15, 0.2) is 0 Å². The first-order valence-electron chi connectivity index (χ1n) is 9.36. The molecular formula is C18H32N2O. The third-order valence-electron chi connectivity index (χ3n) is 6.03. The Kier molecular flexibility index (Phi) is 5.20. The van der Waals surface area contributed by atoms with E-state index < -0.39 is 0 Å². The number of amides is 1. The second-order valence-electron chi connectivity index (χ2n) is 7.44. The average Bonchev–Trinajstić information content (AvgIpc) is 3.21. The summed E-state index contributed by atoms with van der Waals surface area (Å²) in [6.07, 6.45) is 14.8. The number of carbonyl (C=O) groups excluding carboxylic acids is 1. The molecule has 3 heteroatoms. The first kappa shape index (κ1) is 15.3. The van der Waals surface area contributed by atoms with Gasteiger partial charge in [0.25, 0.3) is 0 Å². The molecule has 0 spiro atoms. The molecule has 0 aromatic rings. The maximum atomic E-state index is 12.6. The molecule has 2 saturated carbocycles. The summed E-state index contributed by atoms with van der Waals surface area (Å²) in [6, 6.07) is 0.0853. The van der Waals surface area contributed by atoms with Gasteiger partial charge in [0.05, 0.1) is 12.2 Å². The van der Waals surface area contributed by atoms with Gasteiger partial charge in [-0.1, -0.05) is 45.4 Å². The third-order valence-corrected chi connectivity index (χ3v) is 6.03. The molecule has 0 radical (unpaired) electrons. The van der Waals surface area contributed by atoms with Crippen LogP contribution in [0.2, 0.25) is 0 Å². The van der Waals surface area contributed by atoms with E-state index >= 15 is 0 Å². The van der Waals surface area contributed by atoms with Crippen LogP contribution in [0.3, 0.4) is 0 Å². The number of nitrogens with one attached hydrogen (secondary N) is 1. The fraction of sp³-hybridized carbons (Fsp3) is 0.944. The maximum Gasteiger partial charge on any atom is 0.241 e. The van der Waals surface area contributed by atoms with Gasteiger partial charge in [-0.15, -0.1) is 0 Å². The van der Waals surface area contributed by atoms with Gasteiger partial charge in [0.2, 0.25) is 5.91 Å². The van der Waals surface area contributed by atoms with Crippen molar-refractivity contribution in [2.75, 3.05) is 6.54 Å². The zero-order chi connectivity index (χ0) is 14.7. The van der Waals surface area contributed by atoms with Gasteiger partial charge in [0.1, 0.15) is 0 Å². The zero-order valence-electron chi connectivity index (χ0n) is 13.7. The van der Waals surface area contributed by atoms with Crippen molar-refractivity contribution in [3.05, 3.63) is 0 Å². The highest BCUT2D eigenvalue weighted by atomic mass is 16.2. The monoisotopic (exact) mass is 292 g/mol. The molecular weight excluding hydrogens is 260 g/mol. The molecule has 1 aliphatic heterocycles. The van der Waals surface area contributed by atoms with E-state index in [0.29, 0.717) is 18.0 Å². The van der Waals surface area contributed by atoms with Crippen LogP contribution >= 0.6 is 0 Å². The first-order valence-corrected chi connectivity index (χ1v) is 9.36. The topological polar surface area (TPSA) is 32.3 Å². The van der Waals surface area contributed by atoms with Crippen molar-refractivity contribution in [3.63, 3.8) is 0 Å². The van der Waals surface area contributed by atoms with Crippen LogP contribution < -0.4 is 5.32 Å². The van der Waals surface area contributed by atoms with E-state index in [1.807, 2.05) is 0 Å². The second kappa shape index (κ2) is 7.13. The third kappa shape index (κ3) is 3.44. The van der Waals surface area contributed by atoms with Crippen molar-refractivity contribution in [2.24, 2.45) is 11.8 Å². The molecule has 3 rings (SSSR count). The van der Waals surface area contributed by atoms with Gasteiger partial charge < -0.3 is 4.90 Å². The van der Waals surface area contributed by atoms with E-state index in [4.69, 9.17) is 0 Å². The molecule has 2 unspecified atom stereocenters. The molecule has 21 heavy (non-hydrogen) atoms. The van der Waals surface area contributed by atoms with Crippen LogP contribution in [0.5, 0.6) is 0 Å². The molecule has 1 heterocycles. The second-order valence-corrected chi connectivity index (χ2v) is 7.44. The van der Waals surface area contributed by atoms with Gasteiger partial charge in [-0.25, -0.2) is 0 Å². The van der Waals surface area contributed by atoms with Crippen LogP contribution in [0.25, 0.3) is 0 Å². The number of hydrogen-bond donors (Lipinski definition) is 1. The molecule has 3 aliphatic rings. The predicted molar refractivity (Wildman–Crippen MR) is 85.9 cm³/mol. The summed E-state index contributed by atoms with van der Waals surface area (Å²) in [5.74, 6) is 2.03. The fourth-order valence-corrected chi connectivity index (χ4v) is 4.76. The minimum atomic E-state index is 0.0853. The van der Waals surface area contributed by atoms with Gasteiger partial charge in [-0.3, -0.25) is 10.1 Å². The minimum absolute atomic E-state index is 0.0853. The van der Waals surface area contributed by atoms with Crippen molar-refractivity contribution in [3.8, 4) is 0 Å². The van der Waals surface area contributed by atoms with Crippen LogP contribution in [0, 0.1) is 11.8 Å². The molecule has 0 bridgehead atoms. The Morgan fingerprint density at radius 1 is 1.10 bits per heavy atom. The Bertz CT molecular complexity index is 345. The van der Waals surface area contributed by atoms with Crippen LogP contribution in [0.1, 0.15) is 77.6 Å². The Hall–Kier alpha value is -0.570. The Balaban J connectivity index is 1.54. The summed E-state index contributed by atoms with van der Waals surface area (Å²) in [5, 5.41) is 3.64. The van der Waals surface area contributed by atoms with Gasteiger partial charge >= 0.3 is 0 Å². The number of hydrogen-bond acceptors (Lipinski definition) is 2. The summed E-state index contributed by atoms with van der Waals surface area (Å²) in [6.45, 7) is 3.11. The molecule has 0 aromatic carbocycles. The van der Waals surface area contributed by atoms with Crippen LogP contribution in [0.4, 0.5) is 0 Å². The Labute approximate surface area is 129 Å². The Morgan fingerprint density at radius 2 is 1.76 bits per heavy atom. The highest BCUT2D eigenvalue weighted by Crippen LogP contribution is 2.33. The lowest BCUT2D eigenvalue weighted by atomic mass is 10.0. The number of nitrogens with zero attached hydrogens (tertiary/aromatic N) is 1. The van der Waals surface area contributed by atoms with Crippen molar-refractivity contribution in [1.82, 2.24) is 10.2 Å². The molecule has 3 nitrogen and oxygen atoms in total. The van der Waals surface area contributed by atoms with E-state index in [1.54, 1.807) is 0 Å². The summed E-state index contributed by atoms with van der Waals surface area (Å²) in [5.41, 5.74) is 0. The molecule has 0 aromatic heterocycles. The molecule has 1 N–H and O–H groups in total. The van der Waals surface area contributed by atoms with E-state index in [0.717, 1.165) is 18.9 Å². The molecule has 2 atom stereocenters. The Morgan fingerprint density at radius 3 is 2.43 bits per heavy atom. The highest BCUT2D eigenvalue weighted by Gasteiger charge is 2.41. The predicted octanol–water partition coefficient (Wildman–Crippen LogP) is 3.68. The van der Waals surface area contributed by atoms with E-state index in [1.165, 1.54) is 64.2 Å². The lowest BCUT2D eigenvalue weighted by molar-refractivity contribution is -0.130. The fourth-order valence-electron chi connectivity index (χ4n) is 4.76. The van der Waals surface area contributed by atoms with E-state index in [-0.39, 0.29) is 6.04 Å². The largest absolute Gasteiger partial charge is 0.326 e. The first-order chi connectivity index (χ1) is 10.3. The van der Waals surface area contributed by atoms with Crippen molar-refractivity contribution < 1.29 is 4.79 Å². The SMILES string of the molecule is CCC1NC(C2CCCC2)N(CCCC2CCCC2)C1=O. The normalized spacial score (nSPS) is 31.7. The molecule has 1 amide bonds. The molecule has 2 aliphatic carbocycles. The summed E-state index contributed by atoms with van der Waals surface area (Å²) < 4.78 is 0. The van der Waals surface area contributed by atoms with Crippen molar-refractivity contribution >= 4 is 5.91 Å². The standard InChI is InChI=1S/C18H32N2O/c1-2-16-18(21)20(13-7-10-14-8-3-4-9-14)17(19-16)15-11-5-6-12-15/h14-17,19H,2-13H2,1H3. The van der Waals surface area contributed by atoms with Gasteiger partial charge in [-0.05, 0) is 43.9 Å². The quantitative estimate of drug-likeness (QED) is 0.810.